The van der Waals surface area contributed by atoms with Gasteiger partial charge in [-0.1, -0.05) is 0 Å². The average Bonchev–Trinajstić information content (AvgIpc) is 2.03. The lowest BCUT2D eigenvalue weighted by molar-refractivity contribution is -0.142. The van der Waals surface area contributed by atoms with Gasteiger partial charge in [0.2, 0.25) is 5.12 Å². The molecule has 6 nitrogen and oxygen atoms in total. The molecule has 2 N–H and O–H groups in total. The van der Waals surface area contributed by atoms with Crippen molar-refractivity contribution in [2.75, 3.05) is 19.0 Å². The molecule has 0 aromatic rings. The van der Waals surface area contributed by atoms with Crippen molar-refractivity contribution in [2.45, 2.75) is 6.42 Å². The zero-order valence-electron chi connectivity index (χ0n) is 7.75. The minimum atomic E-state index is -1.09. The summed E-state index contributed by atoms with van der Waals surface area (Å²) in [6.07, 6.45) is 0.156. The van der Waals surface area contributed by atoms with Gasteiger partial charge in [0.15, 0.2) is 0 Å². The molecule has 15 heavy (non-hydrogen) atoms. The Labute approximate surface area is 97.4 Å². The Hall–Kier alpha value is -0.730. The Balaban J connectivity index is 0. The molecule has 0 radical (unpaired) electrons. The summed E-state index contributed by atoms with van der Waals surface area (Å²) < 4.78 is 4.33. The molecule has 0 atom stereocenters. The van der Waals surface area contributed by atoms with E-state index in [4.69, 9.17) is 10.2 Å². The molecule has 0 aliphatic carbocycles. The molecule has 8 heteroatoms. The highest BCUT2D eigenvalue weighted by Crippen LogP contribution is 1.80. The van der Waals surface area contributed by atoms with Gasteiger partial charge in [-0.25, -0.2) is 4.79 Å². The fraction of sp³-hybridized carbons (Fsp3) is 0.571. The summed E-state index contributed by atoms with van der Waals surface area (Å²) in [4.78, 5) is 29.2. The van der Waals surface area contributed by atoms with Crippen molar-refractivity contribution in [3.05, 3.63) is 0 Å². The van der Waals surface area contributed by atoms with Crippen LogP contribution in [0, 0.1) is 0 Å². The first kappa shape index (κ1) is 16.7. The lowest BCUT2D eigenvalue weighted by Gasteiger charge is -1.93. The highest BCUT2D eigenvalue weighted by atomic mass is 32.1. The van der Waals surface area contributed by atoms with Crippen LogP contribution in [-0.2, 0) is 19.1 Å². The molecule has 0 rings (SSSR count). The molecule has 0 bridgehead atoms. The van der Waals surface area contributed by atoms with Gasteiger partial charge in [0, 0.05) is 5.75 Å². The molecule has 0 aromatic carbocycles. The number of aliphatic carboxylic acids is 2. The smallest absolute Gasteiger partial charge is 0.329 e. The lowest BCUT2D eigenvalue weighted by Crippen LogP contribution is -2.10. The molecular weight excluding hydrogens is 244 g/mol. The Morgan fingerprint density at radius 3 is 1.80 bits per heavy atom. The number of carboxylic acids is 2. The van der Waals surface area contributed by atoms with Crippen LogP contribution in [0.4, 0.5) is 0 Å². The molecule has 0 aliphatic heterocycles. The molecule has 0 saturated carbocycles. The van der Waals surface area contributed by atoms with Gasteiger partial charge in [-0.15, -0.1) is 12.6 Å². The summed E-state index contributed by atoms with van der Waals surface area (Å²) in [6.45, 7) is -0.707. The van der Waals surface area contributed by atoms with Crippen LogP contribution in [-0.4, -0.2) is 46.2 Å². The Morgan fingerprint density at radius 1 is 1.07 bits per heavy atom. The van der Waals surface area contributed by atoms with Crippen molar-refractivity contribution < 1.29 is 29.3 Å². The zero-order chi connectivity index (χ0) is 12.3. The van der Waals surface area contributed by atoms with E-state index in [1.165, 1.54) is 0 Å². The first-order valence-electron chi connectivity index (χ1n) is 3.74. The van der Waals surface area contributed by atoms with Gasteiger partial charge in [-0.05, 0) is 0 Å². The second kappa shape index (κ2) is 11.3. The predicted octanol–water partition coefficient (Wildman–Crippen LogP) is -0.0651. The molecule has 0 aromatic heterocycles. The van der Waals surface area contributed by atoms with Gasteiger partial charge in [0.25, 0.3) is 0 Å². The number of hydrogen-bond donors (Lipinski definition) is 4. The molecule has 0 spiro atoms. The van der Waals surface area contributed by atoms with Gasteiger partial charge in [-0.3, -0.25) is 9.59 Å². The number of carboxylic acid groups (broad SMARTS) is 2. The van der Waals surface area contributed by atoms with Crippen molar-refractivity contribution in [3.63, 3.8) is 0 Å². The Morgan fingerprint density at radius 2 is 1.60 bits per heavy atom. The molecule has 0 saturated heterocycles. The van der Waals surface area contributed by atoms with Gasteiger partial charge in [0.1, 0.15) is 13.2 Å². The third-order valence-electron chi connectivity index (χ3n) is 0.777. The number of carbonyl (C=O) groups excluding carboxylic acids is 1. The fourth-order valence-electron chi connectivity index (χ4n) is 0.321. The highest BCUT2D eigenvalue weighted by molar-refractivity contribution is 7.96. The fourth-order valence-corrected chi connectivity index (χ4v) is 0.604. The summed E-state index contributed by atoms with van der Waals surface area (Å²) in [5, 5.41) is 15.4. The van der Waals surface area contributed by atoms with Crippen LogP contribution >= 0.6 is 25.3 Å². The summed E-state index contributed by atoms with van der Waals surface area (Å²) in [6, 6.07) is 0. The second-order valence-electron chi connectivity index (χ2n) is 2.15. The van der Waals surface area contributed by atoms with Gasteiger partial charge in [-0.2, -0.15) is 12.6 Å². The van der Waals surface area contributed by atoms with E-state index in [2.05, 4.69) is 30.0 Å². The zero-order valence-corrected chi connectivity index (χ0v) is 9.54. The molecule has 0 unspecified atom stereocenters. The number of hydrogen-bond acceptors (Lipinski definition) is 5. The lowest BCUT2D eigenvalue weighted by atomic mass is 10.5. The normalized spacial score (nSPS) is 8.67. The highest BCUT2D eigenvalue weighted by Gasteiger charge is 1.97. The minimum absolute atomic E-state index is 0.156. The van der Waals surface area contributed by atoms with E-state index < -0.39 is 23.7 Å². The van der Waals surface area contributed by atoms with Crippen LogP contribution in [0.25, 0.3) is 0 Å². The van der Waals surface area contributed by atoms with Crippen LogP contribution in [0.5, 0.6) is 0 Å². The SMILES string of the molecule is O=C(O)CCS.O=C(O)COCC(=O)S. The molecule has 0 amide bonds. The van der Waals surface area contributed by atoms with Crippen LogP contribution in [0.3, 0.4) is 0 Å². The van der Waals surface area contributed by atoms with Gasteiger partial charge >= 0.3 is 11.9 Å². The Kier molecular flexibility index (Phi) is 12.6. The summed E-state index contributed by atoms with van der Waals surface area (Å²) >= 11 is 7.02. The quantitative estimate of drug-likeness (QED) is 0.496. The van der Waals surface area contributed by atoms with Crippen molar-refractivity contribution >= 4 is 42.3 Å². The minimum Gasteiger partial charge on any atom is -0.481 e. The third kappa shape index (κ3) is 24.6. The summed E-state index contributed by atoms with van der Waals surface area (Å²) in [5.41, 5.74) is 0. The predicted molar refractivity (Wildman–Crippen MR) is 58.6 cm³/mol. The van der Waals surface area contributed by atoms with Crippen LogP contribution in [0.2, 0.25) is 0 Å². The van der Waals surface area contributed by atoms with Crippen molar-refractivity contribution in [3.8, 4) is 0 Å². The maximum absolute atomic E-state index is 9.97. The molecule has 0 aliphatic rings. The van der Waals surface area contributed by atoms with Gasteiger partial charge < -0.3 is 14.9 Å². The number of rotatable bonds is 6. The molecule has 88 valence electrons. The standard InChI is InChI=1S/C4H6O4S.C3H6O2S/c5-3(6)1-8-2-4(7)9;4-3(5)1-2-6/h1-2H2,(H,5,6)(H,7,9);6H,1-2H2,(H,4,5). The topological polar surface area (TPSA) is 101 Å². The van der Waals surface area contributed by atoms with Crippen molar-refractivity contribution in [1.82, 2.24) is 0 Å². The average molecular weight is 256 g/mol. The van der Waals surface area contributed by atoms with E-state index in [0.29, 0.717) is 5.75 Å². The monoisotopic (exact) mass is 256 g/mol. The van der Waals surface area contributed by atoms with Crippen LogP contribution in [0.15, 0.2) is 0 Å². The van der Waals surface area contributed by atoms with E-state index in [-0.39, 0.29) is 13.0 Å². The Bertz CT molecular complexity index is 204. The number of thiol groups is 2. The maximum Gasteiger partial charge on any atom is 0.329 e. The van der Waals surface area contributed by atoms with E-state index in [1.54, 1.807) is 0 Å². The second-order valence-corrected chi connectivity index (χ2v) is 3.09. The van der Waals surface area contributed by atoms with Crippen LogP contribution in [0.1, 0.15) is 6.42 Å². The number of ether oxygens (including phenoxy) is 1. The summed E-state index contributed by atoms with van der Waals surface area (Å²) in [5.74, 6) is -1.45. The van der Waals surface area contributed by atoms with Crippen molar-refractivity contribution in [1.29, 1.82) is 0 Å². The summed E-state index contributed by atoms with van der Waals surface area (Å²) in [7, 11) is 0. The number of carbonyl (C=O) groups is 3. The molecule has 0 heterocycles. The van der Waals surface area contributed by atoms with E-state index in [9.17, 15) is 14.4 Å². The third-order valence-corrected chi connectivity index (χ3v) is 1.13. The van der Waals surface area contributed by atoms with E-state index in [1.807, 2.05) is 0 Å². The van der Waals surface area contributed by atoms with E-state index >= 15 is 0 Å². The van der Waals surface area contributed by atoms with Crippen molar-refractivity contribution in [2.24, 2.45) is 0 Å². The van der Waals surface area contributed by atoms with E-state index in [0.717, 1.165) is 0 Å². The largest absolute Gasteiger partial charge is 0.481 e. The van der Waals surface area contributed by atoms with Gasteiger partial charge in [0.05, 0.1) is 6.42 Å². The molecular formula is C7H12O6S2. The molecule has 0 fully saturated rings. The first-order valence-corrected chi connectivity index (χ1v) is 4.82. The first-order chi connectivity index (χ1) is 6.90. The maximum atomic E-state index is 9.97. The van der Waals surface area contributed by atoms with Crippen LogP contribution < -0.4 is 0 Å².